The van der Waals surface area contributed by atoms with Crippen LogP contribution in [0.25, 0.3) is 16.9 Å². The van der Waals surface area contributed by atoms with Crippen LogP contribution in [0.4, 0.5) is 0 Å². The first-order chi connectivity index (χ1) is 10.3. The van der Waals surface area contributed by atoms with Crippen molar-refractivity contribution in [3.63, 3.8) is 0 Å². The molecule has 1 heterocycles. The van der Waals surface area contributed by atoms with Crippen molar-refractivity contribution in [1.29, 1.82) is 0 Å². The topological polar surface area (TPSA) is 4.93 Å². The van der Waals surface area contributed by atoms with E-state index >= 15 is 0 Å². The van der Waals surface area contributed by atoms with E-state index in [0.717, 1.165) is 12.8 Å². The molecule has 0 radical (unpaired) electrons. The van der Waals surface area contributed by atoms with Gasteiger partial charge in [-0.3, -0.25) is 0 Å². The summed E-state index contributed by atoms with van der Waals surface area (Å²) in [5, 5.41) is 0. The molecule has 3 aromatic rings. The molecule has 0 aliphatic carbocycles. The van der Waals surface area contributed by atoms with Gasteiger partial charge in [-0.1, -0.05) is 61.9 Å². The first-order valence-electron chi connectivity index (χ1n) is 7.63. The SMILES string of the molecule is CCCc1ccccc1-n1c(C)ccc1-c1ccccc1. The summed E-state index contributed by atoms with van der Waals surface area (Å²) in [4.78, 5) is 0. The largest absolute Gasteiger partial charge is 0.314 e. The second-order valence-electron chi connectivity index (χ2n) is 5.44. The van der Waals surface area contributed by atoms with E-state index in [1.165, 1.54) is 28.2 Å². The number of aryl methyl sites for hydroxylation is 2. The van der Waals surface area contributed by atoms with Crippen molar-refractivity contribution in [2.45, 2.75) is 26.7 Å². The maximum absolute atomic E-state index is 2.38. The van der Waals surface area contributed by atoms with E-state index in [-0.39, 0.29) is 0 Å². The van der Waals surface area contributed by atoms with Crippen LogP contribution < -0.4 is 0 Å². The van der Waals surface area contributed by atoms with E-state index in [1.807, 2.05) is 0 Å². The Bertz CT molecular complexity index is 723. The zero-order valence-electron chi connectivity index (χ0n) is 12.7. The summed E-state index contributed by atoms with van der Waals surface area (Å²) in [5.74, 6) is 0. The van der Waals surface area contributed by atoms with Crippen LogP contribution in [0.15, 0.2) is 66.7 Å². The average Bonchev–Trinajstić information content (AvgIpc) is 2.91. The summed E-state index contributed by atoms with van der Waals surface area (Å²) in [5.41, 5.74) is 6.52. The molecule has 0 saturated heterocycles. The van der Waals surface area contributed by atoms with Crippen LogP contribution in [0, 0.1) is 6.92 Å². The van der Waals surface area contributed by atoms with Gasteiger partial charge >= 0.3 is 0 Å². The summed E-state index contributed by atoms with van der Waals surface area (Å²) in [6.45, 7) is 4.41. The van der Waals surface area contributed by atoms with E-state index in [2.05, 4.69) is 85.1 Å². The van der Waals surface area contributed by atoms with Crippen LogP contribution in [0.1, 0.15) is 24.6 Å². The van der Waals surface area contributed by atoms with Gasteiger partial charge in [-0.2, -0.15) is 0 Å². The third-order valence-corrected chi connectivity index (χ3v) is 3.90. The van der Waals surface area contributed by atoms with Gasteiger partial charge in [0.15, 0.2) is 0 Å². The van der Waals surface area contributed by atoms with Crippen molar-refractivity contribution in [2.75, 3.05) is 0 Å². The summed E-state index contributed by atoms with van der Waals surface area (Å²) in [6.07, 6.45) is 2.28. The van der Waals surface area contributed by atoms with Crippen molar-refractivity contribution < 1.29 is 0 Å². The Morgan fingerprint density at radius 2 is 1.52 bits per heavy atom. The minimum atomic E-state index is 1.11. The maximum Gasteiger partial charge on any atom is 0.0531 e. The molecule has 0 saturated carbocycles. The number of hydrogen-bond acceptors (Lipinski definition) is 0. The number of hydrogen-bond donors (Lipinski definition) is 0. The van der Waals surface area contributed by atoms with Crippen molar-refractivity contribution >= 4 is 0 Å². The third-order valence-electron chi connectivity index (χ3n) is 3.90. The van der Waals surface area contributed by atoms with Gasteiger partial charge in [0, 0.05) is 11.4 Å². The lowest BCUT2D eigenvalue weighted by Gasteiger charge is -2.16. The van der Waals surface area contributed by atoms with E-state index in [4.69, 9.17) is 0 Å². The molecule has 0 atom stereocenters. The average molecular weight is 275 g/mol. The minimum Gasteiger partial charge on any atom is -0.314 e. The standard InChI is InChI=1S/C20H21N/c1-3-9-17-12-7-8-13-19(17)21-16(2)14-15-20(21)18-10-5-4-6-11-18/h4-8,10-15H,3,9H2,1-2H3. The Morgan fingerprint density at radius 1 is 0.810 bits per heavy atom. The lowest BCUT2D eigenvalue weighted by Crippen LogP contribution is -2.03. The van der Waals surface area contributed by atoms with Gasteiger partial charge in [0.25, 0.3) is 0 Å². The molecule has 106 valence electrons. The van der Waals surface area contributed by atoms with Crippen LogP contribution >= 0.6 is 0 Å². The first kappa shape index (κ1) is 13.7. The lowest BCUT2D eigenvalue weighted by atomic mass is 10.1. The number of benzene rings is 2. The molecule has 1 heteroatoms. The molecule has 0 unspecified atom stereocenters. The summed E-state index contributed by atoms with van der Waals surface area (Å²) < 4.78 is 2.38. The summed E-state index contributed by atoms with van der Waals surface area (Å²) in [7, 11) is 0. The summed E-state index contributed by atoms with van der Waals surface area (Å²) in [6, 6.07) is 23.8. The van der Waals surface area contributed by atoms with Gasteiger partial charge < -0.3 is 4.57 Å². The fourth-order valence-corrected chi connectivity index (χ4v) is 2.90. The first-order valence-corrected chi connectivity index (χ1v) is 7.63. The van der Waals surface area contributed by atoms with Gasteiger partial charge in [-0.15, -0.1) is 0 Å². The molecule has 3 rings (SSSR count). The van der Waals surface area contributed by atoms with Crippen molar-refractivity contribution in [3.8, 4) is 16.9 Å². The predicted molar refractivity (Wildman–Crippen MR) is 89.9 cm³/mol. The fraction of sp³-hybridized carbons (Fsp3) is 0.200. The number of aromatic nitrogens is 1. The van der Waals surface area contributed by atoms with Gasteiger partial charge in [-0.25, -0.2) is 0 Å². The zero-order chi connectivity index (χ0) is 14.7. The second kappa shape index (κ2) is 6.01. The predicted octanol–water partition coefficient (Wildman–Crippen LogP) is 5.41. The quantitative estimate of drug-likeness (QED) is 0.600. The summed E-state index contributed by atoms with van der Waals surface area (Å²) >= 11 is 0. The van der Waals surface area contributed by atoms with Gasteiger partial charge in [0.05, 0.1) is 5.69 Å². The molecule has 1 nitrogen and oxygen atoms in total. The molecule has 0 N–H and O–H groups in total. The normalized spacial score (nSPS) is 10.8. The highest BCUT2D eigenvalue weighted by Crippen LogP contribution is 2.28. The Kier molecular flexibility index (Phi) is 3.92. The Hall–Kier alpha value is -2.28. The van der Waals surface area contributed by atoms with Crippen molar-refractivity contribution in [2.24, 2.45) is 0 Å². The van der Waals surface area contributed by atoms with E-state index < -0.39 is 0 Å². The van der Waals surface area contributed by atoms with E-state index in [0.29, 0.717) is 0 Å². The lowest BCUT2D eigenvalue weighted by molar-refractivity contribution is 0.894. The highest BCUT2D eigenvalue weighted by molar-refractivity contribution is 5.65. The molecule has 0 aliphatic heterocycles. The highest BCUT2D eigenvalue weighted by atomic mass is 15.0. The monoisotopic (exact) mass is 275 g/mol. The molecular weight excluding hydrogens is 254 g/mol. The minimum absolute atomic E-state index is 1.11. The molecular formula is C20H21N. The molecule has 0 aliphatic rings. The Morgan fingerprint density at radius 3 is 2.29 bits per heavy atom. The number of para-hydroxylation sites is 1. The molecule has 0 bridgehead atoms. The molecule has 2 aromatic carbocycles. The van der Waals surface area contributed by atoms with Crippen LogP contribution in [0.2, 0.25) is 0 Å². The van der Waals surface area contributed by atoms with Crippen LogP contribution in [0.5, 0.6) is 0 Å². The molecule has 0 spiro atoms. The molecule has 21 heavy (non-hydrogen) atoms. The van der Waals surface area contributed by atoms with E-state index in [9.17, 15) is 0 Å². The van der Waals surface area contributed by atoms with Crippen molar-refractivity contribution in [3.05, 3.63) is 78.0 Å². The second-order valence-corrected chi connectivity index (χ2v) is 5.44. The van der Waals surface area contributed by atoms with Gasteiger partial charge in [-0.05, 0) is 42.7 Å². The maximum atomic E-state index is 2.38. The highest BCUT2D eigenvalue weighted by Gasteiger charge is 2.11. The Balaban J connectivity index is 2.18. The van der Waals surface area contributed by atoms with Gasteiger partial charge in [0.2, 0.25) is 0 Å². The smallest absolute Gasteiger partial charge is 0.0531 e. The number of nitrogens with zero attached hydrogens (tertiary/aromatic N) is 1. The van der Waals surface area contributed by atoms with Crippen molar-refractivity contribution in [1.82, 2.24) is 4.57 Å². The van der Waals surface area contributed by atoms with Crippen LogP contribution in [-0.4, -0.2) is 4.57 Å². The third kappa shape index (κ3) is 2.64. The Labute approximate surface area is 126 Å². The number of rotatable bonds is 4. The van der Waals surface area contributed by atoms with Gasteiger partial charge in [0.1, 0.15) is 0 Å². The van der Waals surface area contributed by atoms with E-state index in [1.54, 1.807) is 0 Å². The van der Waals surface area contributed by atoms with Crippen LogP contribution in [-0.2, 0) is 6.42 Å². The van der Waals surface area contributed by atoms with Crippen LogP contribution in [0.3, 0.4) is 0 Å². The molecule has 1 aromatic heterocycles. The zero-order valence-corrected chi connectivity index (χ0v) is 12.7. The fourth-order valence-electron chi connectivity index (χ4n) is 2.90. The molecule has 0 fully saturated rings. The molecule has 0 amide bonds.